The lowest BCUT2D eigenvalue weighted by molar-refractivity contribution is 0.108. The van der Waals surface area contributed by atoms with E-state index >= 15 is 0 Å². The molecule has 19 heavy (non-hydrogen) atoms. The zero-order valence-electron chi connectivity index (χ0n) is 11.5. The van der Waals surface area contributed by atoms with E-state index in [0.29, 0.717) is 5.92 Å². The highest BCUT2D eigenvalue weighted by Crippen LogP contribution is 2.45. The highest BCUT2D eigenvalue weighted by atomic mass is 32.2. The zero-order chi connectivity index (χ0) is 13.3. The molecule has 1 fully saturated rings. The molecule has 0 amide bonds. The highest BCUT2D eigenvalue weighted by molar-refractivity contribution is 8.00. The predicted octanol–water partition coefficient (Wildman–Crippen LogP) is 3.59. The third kappa shape index (κ3) is 2.63. The Kier molecular flexibility index (Phi) is 3.77. The van der Waals surface area contributed by atoms with Gasteiger partial charge in [0.1, 0.15) is 5.75 Å². The number of hydrogen-bond donors (Lipinski definition) is 1. The van der Waals surface area contributed by atoms with Gasteiger partial charge in [0.25, 0.3) is 0 Å². The monoisotopic (exact) mass is 278 g/mol. The first kappa shape index (κ1) is 13.3. The molecular formula is C16H22O2S. The summed E-state index contributed by atoms with van der Waals surface area (Å²) in [6.45, 7) is 3.00. The summed E-state index contributed by atoms with van der Waals surface area (Å²) in [4.78, 5) is 0. The summed E-state index contributed by atoms with van der Waals surface area (Å²) in [6, 6.07) is 8.28. The Balaban J connectivity index is 1.74. The number of aliphatic hydroxyl groups is 1. The normalized spacial score (nSPS) is 31.6. The zero-order valence-corrected chi connectivity index (χ0v) is 12.3. The van der Waals surface area contributed by atoms with Crippen LogP contribution in [0.15, 0.2) is 24.3 Å². The van der Waals surface area contributed by atoms with Crippen LogP contribution < -0.4 is 4.74 Å². The van der Waals surface area contributed by atoms with Crippen LogP contribution in [-0.4, -0.2) is 28.3 Å². The van der Waals surface area contributed by atoms with Crippen LogP contribution in [0.4, 0.5) is 0 Å². The van der Waals surface area contributed by atoms with E-state index in [1.54, 1.807) is 0 Å². The summed E-state index contributed by atoms with van der Waals surface area (Å²) >= 11 is 1.94. The summed E-state index contributed by atoms with van der Waals surface area (Å²) in [6.07, 6.45) is 4.06. The minimum absolute atomic E-state index is 0.0627. The molecular weight excluding hydrogens is 256 g/mol. The van der Waals surface area contributed by atoms with Crippen LogP contribution in [-0.2, 0) is 0 Å². The molecule has 0 saturated carbocycles. The van der Waals surface area contributed by atoms with Crippen LogP contribution in [0.3, 0.4) is 0 Å². The molecule has 2 aliphatic rings. The molecule has 2 heterocycles. The largest absolute Gasteiger partial charge is 0.493 e. The first-order chi connectivity index (χ1) is 9.19. The van der Waals surface area contributed by atoms with Crippen LogP contribution in [0, 0.1) is 0 Å². The van der Waals surface area contributed by atoms with Gasteiger partial charge in [0, 0.05) is 4.75 Å². The van der Waals surface area contributed by atoms with E-state index in [-0.39, 0.29) is 10.9 Å². The number of aliphatic hydroxyl groups excluding tert-OH is 1. The van der Waals surface area contributed by atoms with Crippen molar-refractivity contribution in [3.63, 3.8) is 0 Å². The lowest BCUT2D eigenvalue weighted by Crippen LogP contribution is -2.35. The van der Waals surface area contributed by atoms with Gasteiger partial charge in [-0.05, 0) is 55.9 Å². The van der Waals surface area contributed by atoms with Crippen molar-refractivity contribution in [1.29, 1.82) is 0 Å². The summed E-state index contributed by atoms with van der Waals surface area (Å²) < 4.78 is 5.76. The maximum Gasteiger partial charge on any atom is 0.122 e. The third-order valence-electron chi connectivity index (χ3n) is 4.54. The fourth-order valence-electron chi connectivity index (χ4n) is 3.24. The van der Waals surface area contributed by atoms with Gasteiger partial charge in [0.15, 0.2) is 0 Å². The van der Waals surface area contributed by atoms with Gasteiger partial charge < -0.3 is 9.84 Å². The second-order valence-electron chi connectivity index (χ2n) is 5.89. The Hall–Kier alpha value is -0.670. The fourth-order valence-corrected chi connectivity index (χ4v) is 4.58. The Morgan fingerprint density at radius 1 is 1.47 bits per heavy atom. The van der Waals surface area contributed by atoms with Crippen LogP contribution >= 0.6 is 11.8 Å². The van der Waals surface area contributed by atoms with Gasteiger partial charge in [0.05, 0.1) is 12.7 Å². The first-order valence-corrected chi connectivity index (χ1v) is 8.21. The van der Waals surface area contributed by atoms with Gasteiger partial charge in [-0.2, -0.15) is 11.8 Å². The standard InChI is InChI=1S/C16H22O2S/c1-16(8-4-10-19-16)15(17)11-12-7-9-18-14-6-3-2-5-13(12)14/h2-3,5-6,12,15,17H,4,7-11H2,1H3. The summed E-state index contributed by atoms with van der Waals surface area (Å²) in [5.41, 5.74) is 1.28. The number of benzene rings is 1. The lowest BCUT2D eigenvalue weighted by Gasteiger charge is -2.34. The van der Waals surface area contributed by atoms with E-state index in [4.69, 9.17) is 4.74 Å². The van der Waals surface area contributed by atoms with Gasteiger partial charge in [-0.1, -0.05) is 18.2 Å². The molecule has 1 aromatic rings. The molecule has 1 aromatic carbocycles. The quantitative estimate of drug-likeness (QED) is 0.916. The lowest BCUT2D eigenvalue weighted by atomic mass is 9.84. The molecule has 3 unspecified atom stereocenters. The minimum Gasteiger partial charge on any atom is -0.493 e. The Morgan fingerprint density at radius 3 is 3.11 bits per heavy atom. The van der Waals surface area contributed by atoms with Crippen molar-refractivity contribution in [2.45, 2.75) is 49.4 Å². The van der Waals surface area contributed by atoms with Crippen LogP contribution in [0.2, 0.25) is 0 Å². The number of ether oxygens (including phenoxy) is 1. The van der Waals surface area contributed by atoms with E-state index in [2.05, 4.69) is 19.1 Å². The van der Waals surface area contributed by atoms with Crippen LogP contribution in [0.1, 0.15) is 44.1 Å². The third-order valence-corrected chi connectivity index (χ3v) is 6.17. The highest BCUT2D eigenvalue weighted by Gasteiger charge is 2.38. The molecule has 2 aliphatic heterocycles. The molecule has 2 nitrogen and oxygen atoms in total. The van der Waals surface area contributed by atoms with Crippen LogP contribution in [0.25, 0.3) is 0 Å². The van der Waals surface area contributed by atoms with Gasteiger partial charge in [-0.15, -0.1) is 0 Å². The number of rotatable bonds is 3. The van der Waals surface area contributed by atoms with Gasteiger partial charge >= 0.3 is 0 Å². The van der Waals surface area contributed by atoms with Crippen molar-refractivity contribution in [1.82, 2.24) is 0 Å². The average Bonchev–Trinajstić information content (AvgIpc) is 2.87. The average molecular weight is 278 g/mol. The first-order valence-electron chi connectivity index (χ1n) is 7.23. The number of thioether (sulfide) groups is 1. The summed E-state index contributed by atoms with van der Waals surface area (Å²) in [7, 11) is 0. The molecule has 1 N–H and O–H groups in total. The van der Waals surface area contributed by atoms with E-state index in [1.807, 2.05) is 23.9 Å². The van der Waals surface area contributed by atoms with Crippen molar-refractivity contribution in [2.24, 2.45) is 0 Å². The predicted molar refractivity (Wildman–Crippen MR) is 80.0 cm³/mol. The van der Waals surface area contributed by atoms with E-state index in [1.165, 1.54) is 17.7 Å². The smallest absolute Gasteiger partial charge is 0.122 e. The molecule has 104 valence electrons. The molecule has 0 bridgehead atoms. The molecule has 0 aromatic heterocycles. The molecule has 0 radical (unpaired) electrons. The number of para-hydroxylation sites is 1. The topological polar surface area (TPSA) is 29.5 Å². The van der Waals surface area contributed by atoms with Crippen molar-refractivity contribution in [3.05, 3.63) is 29.8 Å². The Labute approximate surface area is 119 Å². The Morgan fingerprint density at radius 2 is 2.32 bits per heavy atom. The molecule has 0 aliphatic carbocycles. The van der Waals surface area contributed by atoms with Gasteiger partial charge in [0.2, 0.25) is 0 Å². The molecule has 3 atom stereocenters. The van der Waals surface area contributed by atoms with Crippen molar-refractivity contribution in [3.8, 4) is 5.75 Å². The minimum atomic E-state index is -0.212. The van der Waals surface area contributed by atoms with Gasteiger partial charge in [-0.3, -0.25) is 0 Å². The van der Waals surface area contributed by atoms with E-state index in [0.717, 1.165) is 31.6 Å². The van der Waals surface area contributed by atoms with Gasteiger partial charge in [-0.25, -0.2) is 0 Å². The van der Waals surface area contributed by atoms with Crippen LogP contribution in [0.5, 0.6) is 5.75 Å². The maximum atomic E-state index is 10.6. The van der Waals surface area contributed by atoms with Crippen molar-refractivity contribution >= 4 is 11.8 Å². The number of hydrogen-bond acceptors (Lipinski definition) is 3. The van der Waals surface area contributed by atoms with Crippen molar-refractivity contribution in [2.75, 3.05) is 12.4 Å². The summed E-state index contributed by atoms with van der Waals surface area (Å²) in [5, 5.41) is 10.6. The van der Waals surface area contributed by atoms with Crippen molar-refractivity contribution < 1.29 is 9.84 Å². The van der Waals surface area contributed by atoms with E-state index < -0.39 is 0 Å². The SMILES string of the molecule is CC1(C(O)CC2CCOc3ccccc32)CCCS1. The Bertz CT molecular complexity index is 440. The molecule has 3 heteroatoms. The number of fused-ring (bicyclic) bond motifs is 1. The van der Waals surface area contributed by atoms with E-state index in [9.17, 15) is 5.11 Å². The molecule has 0 spiro atoms. The molecule has 1 saturated heterocycles. The second kappa shape index (κ2) is 5.37. The molecule has 3 rings (SSSR count). The second-order valence-corrected chi connectivity index (χ2v) is 7.52. The summed E-state index contributed by atoms with van der Waals surface area (Å²) in [5.74, 6) is 2.64. The fraction of sp³-hybridized carbons (Fsp3) is 0.625. The maximum absolute atomic E-state index is 10.6.